The number of rotatable bonds is 6. The van der Waals surface area contributed by atoms with Gasteiger partial charge in [0.05, 0.1) is 36.5 Å². The molecule has 168 valence electrons. The zero-order valence-corrected chi connectivity index (χ0v) is 18.6. The molecule has 1 unspecified atom stereocenters. The van der Waals surface area contributed by atoms with Gasteiger partial charge in [-0.2, -0.15) is 5.10 Å². The standard InChI is InChI=1S/C25H25N5O3/c1-30-14-19(24(29-30)16-7-4-3-5-8-16)25-18-12-21(22(32-2)13-20(18)26-15-27-25)28-23(31)11-17-9-6-10-33-17/h3-5,7-8,12-15,17H,6,9-11H2,1-2H3,(H,28,31). The number of hydrogen-bond donors (Lipinski definition) is 1. The number of anilines is 1. The monoisotopic (exact) mass is 443 g/mol. The molecular weight excluding hydrogens is 418 g/mol. The molecule has 4 aromatic rings. The summed E-state index contributed by atoms with van der Waals surface area (Å²) in [7, 11) is 3.47. The number of nitrogens with one attached hydrogen (secondary N) is 1. The molecule has 0 saturated carbocycles. The summed E-state index contributed by atoms with van der Waals surface area (Å²) in [5.74, 6) is 0.437. The summed E-state index contributed by atoms with van der Waals surface area (Å²) in [5, 5.41) is 8.47. The number of fused-ring (bicyclic) bond motifs is 1. The topological polar surface area (TPSA) is 91.2 Å². The summed E-state index contributed by atoms with van der Waals surface area (Å²) in [6.45, 7) is 0.715. The van der Waals surface area contributed by atoms with Crippen LogP contribution in [0.4, 0.5) is 5.69 Å². The molecule has 8 heteroatoms. The minimum atomic E-state index is -0.107. The zero-order valence-electron chi connectivity index (χ0n) is 18.6. The summed E-state index contributed by atoms with van der Waals surface area (Å²) >= 11 is 0. The Hall–Kier alpha value is -3.78. The minimum Gasteiger partial charge on any atom is -0.494 e. The van der Waals surface area contributed by atoms with Gasteiger partial charge in [-0.15, -0.1) is 0 Å². The third kappa shape index (κ3) is 4.29. The van der Waals surface area contributed by atoms with Crippen LogP contribution in [-0.2, 0) is 16.6 Å². The predicted octanol–water partition coefficient (Wildman–Crippen LogP) is 4.21. The number of amides is 1. The third-order valence-electron chi connectivity index (χ3n) is 5.80. The first-order valence-corrected chi connectivity index (χ1v) is 11.0. The summed E-state index contributed by atoms with van der Waals surface area (Å²) in [6.07, 6.45) is 5.67. The van der Waals surface area contributed by atoms with Gasteiger partial charge in [-0.25, -0.2) is 9.97 Å². The number of aromatic nitrogens is 4. The molecule has 1 amide bonds. The number of aryl methyl sites for hydroxylation is 1. The SMILES string of the molecule is COc1cc2ncnc(-c3cn(C)nc3-c3ccccc3)c2cc1NC(=O)CC1CCCO1. The molecule has 1 aliphatic heterocycles. The Morgan fingerprint density at radius 2 is 2.06 bits per heavy atom. The number of methoxy groups -OCH3 is 1. The van der Waals surface area contributed by atoms with Crippen LogP contribution in [0.2, 0.25) is 0 Å². The van der Waals surface area contributed by atoms with Crippen LogP contribution in [0.1, 0.15) is 19.3 Å². The lowest BCUT2D eigenvalue weighted by Gasteiger charge is -2.14. The van der Waals surface area contributed by atoms with E-state index in [4.69, 9.17) is 9.47 Å². The van der Waals surface area contributed by atoms with Gasteiger partial charge in [0, 0.05) is 42.4 Å². The molecule has 0 aliphatic carbocycles. The first-order valence-electron chi connectivity index (χ1n) is 11.0. The van der Waals surface area contributed by atoms with Crippen LogP contribution in [0, 0.1) is 0 Å². The van der Waals surface area contributed by atoms with Crippen molar-refractivity contribution in [1.29, 1.82) is 0 Å². The summed E-state index contributed by atoms with van der Waals surface area (Å²) in [5.41, 5.74) is 4.75. The molecule has 2 aromatic heterocycles. The fourth-order valence-electron chi connectivity index (χ4n) is 4.25. The molecule has 1 aliphatic rings. The van der Waals surface area contributed by atoms with Gasteiger partial charge in [0.25, 0.3) is 0 Å². The molecule has 8 nitrogen and oxygen atoms in total. The van der Waals surface area contributed by atoms with E-state index >= 15 is 0 Å². The van der Waals surface area contributed by atoms with Gasteiger partial charge in [-0.05, 0) is 18.9 Å². The lowest BCUT2D eigenvalue weighted by molar-refractivity contribution is -0.118. The molecule has 33 heavy (non-hydrogen) atoms. The Morgan fingerprint density at radius 3 is 2.82 bits per heavy atom. The normalized spacial score (nSPS) is 15.6. The van der Waals surface area contributed by atoms with E-state index in [9.17, 15) is 4.79 Å². The molecule has 2 aromatic carbocycles. The Morgan fingerprint density at radius 1 is 1.21 bits per heavy atom. The number of ether oxygens (including phenoxy) is 2. The number of carbonyl (C=O) groups excluding carboxylic acids is 1. The summed E-state index contributed by atoms with van der Waals surface area (Å²) in [6, 6.07) is 13.7. The van der Waals surface area contributed by atoms with Gasteiger partial charge in [0.1, 0.15) is 17.8 Å². The van der Waals surface area contributed by atoms with Crippen molar-refractivity contribution in [2.45, 2.75) is 25.4 Å². The molecule has 0 spiro atoms. The van der Waals surface area contributed by atoms with Crippen molar-refractivity contribution in [2.24, 2.45) is 7.05 Å². The zero-order chi connectivity index (χ0) is 22.8. The van der Waals surface area contributed by atoms with E-state index in [0.29, 0.717) is 24.5 Å². The van der Waals surface area contributed by atoms with Crippen LogP contribution in [0.15, 0.2) is 55.0 Å². The van der Waals surface area contributed by atoms with Crippen molar-refractivity contribution in [2.75, 3.05) is 19.0 Å². The smallest absolute Gasteiger partial charge is 0.227 e. The molecule has 5 rings (SSSR count). The van der Waals surface area contributed by atoms with Crippen LogP contribution in [-0.4, -0.2) is 45.5 Å². The highest BCUT2D eigenvalue weighted by atomic mass is 16.5. The molecule has 0 bridgehead atoms. The molecule has 0 radical (unpaired) electrons. The highest BCUT2D eigenvalue weighted by Gasteiger charge is 2.21. The predicted molar refractivity (Wildman–Crippen MR) is 126 cm³/mol. The van der Waals surface area contributed by atoms with Gasteiger partial charge >= 0.3 is 0 Å². The average Bonchev–Trinajstić information content (AvgIpc) is 3.48. The fraction of sp³-hybridized carbons (Fsp3) is 0.280. The Labute approximate surface area is 191 Å². The minimum absolute atomic E-state index is 0.0285. The summed E-state index contributed by atoms with van der Waals surface area (Å²) in [4.78, 5) is 21.7. The first kappa shape index (κ1) is 21.1. The van der Waals surface area contributed by atoms with E-state index < -0.39 is 0 Å². The molecule has 1 N–H and O–H groups in total. The maximum Gasteiger partial charge on any atom is 0.227 e. The van der Waals surface area contributed by atoms with Gasteiger partial charge in [-0.1, -0.05) is 30.3 Å². The quantitative estimate of drug-likeness (QED) is 0.480. The Balaban J connectivity index is 1.57. The highest BCUT2D eigenvalue weighted by Crippen LogP contribution is 2.37. The largest absolute Gasteiger partial charge is 0.494 e. The number of carbonyl (C=O) groups is 1. The van der Waals surface area contributed by atoms with Crippen molar-refractivity contribution >= 4 is 22.5 Å². The van der Waals surface area contributed by atoms with E-state index in [1.807, 2.05) is 55.7 Å². The van der Waals surface area contributed by atoms with Gasteiger partial charge in [0.15, 0.2) is 0 Å². The lowest BCUT2D eigenvalue weighted by Crippen LogP contribution is -2.19. The van der Waals surface area contributed by atoms with Crippen LogP contribution >= 0.6 is 0 Å². The number of nitrogens with zero attached hydrogens (tertiary/aromatic N) is 4. The second kappa shape index (κ2) is 8.99. The molecule has 1 saturated heterocycles. The van der Waals surface area contributed by atoms with Crippen LogP contribution in [0.3, 0.4) is 0 Å². The van der Waals surface area contributed by atoms with Gasteiger partial charge < -0.3 is 14.8 Å². The van der Waals surface area contributed by atoms with Gasteiger partial charge in [-0.3, -0.25) is 9.48 Å². The summed E-state index contributed by atoms with van der Waals surface area (Å²) < 4.78 is 12.9. The number of benzene rings is 2. The average molecular weight is 444 g/mol. The highest BCUT2D eigenvalue weighted by molar-refractivity contribution is 6.01. The van der Waals surface area contributed by atoms with Crippen molar-refractivity contribution in [3.8, 4) is 28.3 Å². The second-order valence-corrected chi connectivity index (χ2v) is 8.11. The Kier molecular flexibility index (Phi) is 5.75. The molecule has 1 fully saturated rings. The van der Waals surface area contributed by atoms with E-state index in [2.05, 4.69) is 20.4 Å². The second-order valence-electron chi connectivity index (χ2n) is 8.11. The van der Waals surface area contributed by atoms with Crippen LogP contribution in [0.5, 0.6) is 5.75 Å². The maximum atomic E-state index is 12.7. The van der Waals surface area contributed by atoms with E-state index in [1.54, 1.807) is 11.8 Å². The van der Waals surface area contributed by atoms with E-state index in [-0.39, 0.29) is 12.0 Å². The first-order chi connectivity index (χ1) is 16.1. The van der Waals surface area contributed by atoms with Crippen molar-refractivity contribution < 1.29 is 14.3 Å². The fourth-order valence-corrected chi connectivity index (χ4v) is 4.25. The maximum absolute atomic E-state index is 12.7. The third-order valence-corrected chi connectivity index (χ3v) is 5.80. The Bertz CT molecular complexity index is 1300. The van der Waals surface area contributed by atoms with E-state index in [0.717, 1.165) is 46.3 Å². The van der Waals surface area contributed by atoms with Crippen molar-refractivity contribution in [3.63, 3.8) is 0 Å². The van der Waals surface area contributed by atoms with Crippen molar-refractivity contribution in [3.05, 3.63) is 55.0 Å². The molecular formula is C25H25N5O3. The molecule has 1 atom stereocenters. The van der Waals surface area contributed by atoms with Crippen molar-refractivity contribution in [1.82, 2.24) is 19.7 Å². The number of hydrogen-bond acceptors (Lipinski definition) is 6. The van der Waals surface area contributed by atoms with E-state index in [1.165, 1.54) is 6.33 Å². The van der Waals surface area contributed by atoms with Crippen LogP contribution < -0.4 is 10.1 Å². The van der Waals surface area contributed by atoms with Crippen LogP contribution in [0.25, 0.3) is 33.4 Å². The lowest BCUT2D eigenvalue weighted by atomic mass is 10.0. The molecule has 3 heterocycles. The van der Waals surface area contributed by atoms with Gasteiger partial charge in [0.2, 0.25) is 5.91 Å².